The summed E-state index contributed by atoms with van der Waals surface area (Å²) in [5, 5.41) is 9.39. The molecule has 0 saturated heterocycles. The summed E-state index contributed by atoms with van der Waals surface area (Å²) in [5.74, 6) is 0.604. The molecule has 0 saturated carbocycles. The summed E-state index contributed by atoms with van der Waals surface area (Å²) in [6.45, 7) is 3.54. The number of hydrogen-bond donors (Lipinski definition) is 2. The molecule has 0 aliphatic rings. The van der Waals surface area contributed by atoms with Crippen LogP contribution in [0.25, 0.3) is 0 Å². The molecule has 1 heterocycles. The normalized spacial score (nSPS) is 10.1. The highest BCUT2D eigenvalue weighted by molar-refractivity contribution is 7.71. The maximum Gasteiger partial charge on any atom is 0.284 e. The highest BCUT2D eigenvalue weighted by Crippen LogP contribution is 1.91. The molecule has 1 rings (SSSR count). The van der Waals surface area contributed by atoms with Crippen molar-refractivity contribution in [1.29, 1.82) is 0 Å². The smallest absolute Gasteiger partial charge is 0.284 e. The van der Waals surface area contributed by atoms with Crippen molar-refractivity contribution in [3.63, 3.8) is 0 Å². The van der Waals surface area contributed by atoms with Crippen molar-refractivity contribution >= 4 is 12.2 Å². The van der Waals surface area contributed by atoms with Crippen molar-refractivity contribution in [3.8, 4) is 0 Å². The molecule has 0 spiro atoms. The van der Waals surface area contributed by atoms with E-state index >= 15 is 0 Å². The summed E-state index contributed by atoms with van der Waals surface area (Å²) >= 11 is 4.67. The van der Waals surface area contributed by atoms with Crippen LogP contribution in [0.3, 0.4) is 0 Å². The minimum absolute atomic E-state index is 0.327. The van der Waals surface area contributed by atoms with E-state index in [1.807, 2.05) is 6.92 Å². The largest absolute Gasteiger partial charge is 0.413 e. The van der Waals surface area contributed by atoms with Gasteiger partial charge in [0.2, 0.25) is 5.89 Å². The van der Waals surface area contributed by atoms with Gasteiger partial charge in [0.05, 0.1) is 6.54 Å². The fraction of sp³-hybridized carbons (Fsp3) is 0.600. The van der Waals surface area contributed by atoms with Crippen molar-refractivity contribution in [2.24, 2.45) is 0 Å². The van der Waals surface area contributed by atoms with Crippen molar-refractivity contribution in [2.45, 2.75) is 13.5 Å². The number of H-pyrrole nitrogens is 1. The maximum absolute atomic E-state index is 4.97. The number of hydrogen-bond acceptors (Lipinski definition) is 4. The van der Waals surface area contributed by atoms with Crippen molar-refractivity contribution < 1.29 is 4.42 Å². The third-order valence-electron chi connectivity index (χ3n) is 1.01. The van der Waals surface area contributed by atoms with Gasteiger partial charge in [0.15, 0.2) is 0 Å². The van der Waals surface area contributed by atoms with Crippen LogP contribution in [0.2, 0.25) is 0 Å². The van der Waals surface area contributed by atoms with Gasteiger partial charge in [-0.05, 0) is 18.8 Å². The highest BCUT2D eigenvalue weighted by atomic mass is 32.1. The van der Waals surface area contributed by atoms with Gasteiger partial charge in [0.1, 0.15) is 0 Å². The van der Waals surface area contributed by atoms with Gasteiger partial charge in [0, 0.05) is 0 Å². The SMILES string of the molecule is CCNCc1n[nH]c(=S)o1. The van der Waals surface area contributed by atoms with Crippen LogP contribution < -0.4 is 5.32 Å². The zero-order valence-electron chi connectivity index (χ0n) is 5.68. The molecule has 56 valence electrons. The van der Waals surface area contributed by atoms with Gasteiger partial charge in [0.25, 0.3) is 4.84 Å². The van der Waals surface area contributed by atoms with E-state index in [2.05, 4.69) is 27.7 Å². The number of aromatic amines is 1. The Morgan fingerprint density at radius 3 is 3.10 bits per heavy atom. The van der Waals surface area contributed by atoms with Crippen LogP contribution in [0.5, 0.6) is 0 Å². The van der Waals surface area contributed by atoms with Crippen LogP contribution in [-0.2, 0) is 6.54 Å². The standard InChI is InChI=1S/C5H9N3OS/c1-2-6-3-4-7-8-5(10)9-4/h6H,2-3H2,1H3,(H,8,10). The van der Waals surface area contributed by atoms with E-state index in [4.69, 9.17) is 4.42 Å². The molecule has 0 unspecified atom stereocenters. The second kappa shape index (κ2) is 3.48. The van der Waals surface area contributed by atoms with E-state index < -0.39 is 0 Å². The van der Waals surface area contributed by atoms with Crippen LogP contribution in [-0.4, -0.2) is 16.7 Å². The molecule has 0 amide bonds. The van der Waals surface area contributed by atoms with Gasteiger partial charge in [-0.25, -0.2) is 5.10 Å². The summed E-state index contributed by atoms with van der Waals surface area (Å²) in [7, 11) is 0. The fourth-order valence-electron chi connectivity index (χ4n) is 0.568. The van der Waals surface area contributed by atoms with Crippen molar-refractivity contribution in [3.05, 3.63) is 10.7 Å². The molecule has 10 heavy (non-hydrogen) atoms. The first-order valence-corrected chi connectivity index (χ1v) is 3.49. The Hall–Kier alpha value is -0.680. The predicted molar refractivity (Wildman–Crippen MR) is 39.1 cm³/mol. The van der Waals surface area contributed by atoms with Crippen LogP contribution >= 0.6 is 12.2 Å². The lowest BCUT2D eigenvalue weighted by atomic mass is 10.6. The summed E-state index contributed by atoms with van der Waals surface area (Å²) in [6.07, 6.45) is 0. The van der Waals surface area contributed by atoms with Crippen LogP contribution in [0, 0.1) is 4.84 Å². The molecule has 0 fully saturated rings. The van der Waals surface area contributed by atoms with E-state index in [-0.39, 0.29) is 0 Å². The molecule has 0 bridgehead atoms. The zero-order chi connectivity index (χ0) is 7.40. The van der Waals surface area contributed by atoms with Crippen LogP contribution in [0.1, 0.15) is 12.8 Å². The average molecular weight is 159 g/mol. The van der Waals surface area contributed by atoms with E-state index in [9.17, 15) is 0 Å². The maximum atomic E-state index is 4.97. The quantitative estimate of drug-likeness (QED) is 0.642. The Bertz CT molecular complexity index is 241. The first-order valence-electron chi connectivity index (χ1n) is 3.08. The Kier molecular flexibility index (Phi) is 2.58. The Balaban J connectivity index is 2.50. The van der Waals surface area contributed by atoms with Crippen molar-refractivity contribution in [2.75, 3.05) is 6.54 Å². The summed E-state index contributed by atoms with van der Waals surface area (Å²) in [6, 6.07) is 0. The molecule has 5 heteroatoms. The van der Waals surface area contributed by atoms with Gasteiger partial charge < -0.3 is 9.73 Å². The number of nitrogens with one attached hydrogen (secondary N) is 2. The predicted octanol–water partition coefficient (Wildman–Crippen LogP) is 0.842. The number of rotatable bonds is 3. The van der Waals surface area contributed by atoms with Crippen molar-refractivity contribution in [1.82, 2.24) is 15.5 Å². The Morgan fingerprint density at radius 2 is 2.60 bits per heavy atom. The van der Waals surface area contributed by atoms with Gasteiger partial charge in [-0.2, -0.15) is 0 Å². The molecule has 1 aromatic rings. The molecule has 2 N–H and O–H groups in total. The van der Waals surface area contributed by atoms with Crippen LogP contribution in [0.4, 0.5) is 0 Å². The summed E-state index contributed by atoms with van der Waals surface area (Å²) in [5.41, 5.74) is 0. The minimum atomic E-state index is 0.327. The number of aromatic nitrogens is 2. The van der Waals surface area contributed by atoms with E-state index in [1.54, 1.807) is 0 Å². The Labute approximate surface area is 63.6 Å². The second-order valence-corrected chi connectivity index (χ2v) is 2.16. The van der Waals surface area contributed by atoms with Gasteiger partial charge in [-0.3, -0.25) is 0 Å². The molecular formula is C5H9N3OS. The molecule has 0 aliphatic carbocycles. The first-order chi connectivity index (χ1) is 4.83. The highest BCUT2D eigenvalue weighted by Gasteiger charge is 1.95. The van der Waals surface area contributed by atoms with Gasteiger partial charge >= 0.3 is 0 Å². The molecule has 0 aromatic carbocycles. The lowest BCUT2D eigenvalue weighted by molar-refractivity contribution is 0.461. The van der Waals surface area contributed by atoms with Crippen LogP contribution in [0.15, 0.2) is 4.42 Å². The first kappa shape index (κ1) is 7.43. The van der Waals surface area contributed by atoms with E-state index in [0.717, 1.165) is 6.54 Å². The van der Waals surface area contributed by atoms with E-state index in [1.165, 1.54) is 0 Å². The second-order valence-electron chi connectivity index (χ2n) is 1.79. The molecule has 1 aromatic heterocycles. The minimum Gasteiger partial charge on any atom is -0.413 e. The molecule has 4 nitrogen and oxygen atoms in total. The average Bonchev–Trinajstić information content (AvgIpc) is 2.31. The van der Waals surface area contributed by atoms with E-state index in [0.29, 0.717) is 17.3 Å². The Morgan fingerprint density at radius 1 is 1.80 bits per heavy atom. The zero-order valence-corrected chi connectivity index (χ0v) is 6.49. The number of nitrogens with zero attached hydrogens (tertiary/aromatic N) is 1. The lowest BCUT2D eigenvalue weighted by Gasteiger charge is -1.91. The summed E-state index contributed by atoms with van der Waals surface area (Å²) < 4.78 is 4.97. The molecule has 0 atom stereocenters. The molecule has 0 radical (unpaired) electrons. The monoisotopic (exact) mass is 159 g/mol. The molecular weight excluding hydrogens is 150 g/mol. The third kappa shape index (κ3) is 1.93. The summed E-state index contributed by atoms with van der Waals surface area (Å²) in [4.78, 5) is 0.327. The van der Waals surface area contributed by atoms with Gasteiger partial charge in [-0.1, -0.05) is 6.92 Å². The topological polar surface area (TPSA) is 53.9 Å². The van der Waals surface area contributed by atoms with Gasteiger partial charge in [-0.15, -0.1) is 5.10 Å². The lowest BCUT2D eigenvalue weighted by Crippen LogP contribution is -2.11. The fourth-order valence-corrected chi connectivity index (χ4v) is 0.710. The molecule has 0 aliphatic heterocycles. The third-order valence-corrected chi connectivity index (χ3v) is 1.18.